The van der Waals surface area contributed by atoms with Crippen molar-refractivity contribution in [3.8, 4) is 5.75 Å². The van der Waals surface area contributed by atoms with Gasteiger partial charge in [-0.05, 0) is 24.5 Å². The molecule has 3 rings (SSSR count). The lowest BCUT2D eigenvalue weighted by Gasteiger charge is -2.28. The number of rotatable bonds is 1. The van der Waals surface area contributed by atoms with E-state index in [1.54, 1.807) is 6.07 Å². The van der Waals surface area contributed by atoms with Gasteiger partial charge in [0.2, 0.25) is 5.91 Å². The molecule has 2 heterocycles. The number of benzene rings is 1. The minimum Gasteiger partial charge on any atom is -0.507 e. The third-order valence-corrected chi connectivity index (χ3v) is 3.59. The van der Waals surface area contributed by atoms with Gasteiger partial charge in [0.1, 0.15) is 5.75 Å². The predicted octanol–water partition coefficient (Wildman–Crippen LogP) is 0.845. The molecule has 2 unspecified atom stereocenters. The molecule has 2 aliphatic rings. The number of hydrogen-bond acceptors (Lipinski definition) is 3. The summed E-state index contributed by atoms with van der Waals surface area (Å²) in [5.41, 5.74) is 1.11. The second kappa shape index (κ2) is 4.01. The average molecular weight is 246 g/mol. The Labute approximate surface area is 104 Å². The van der Waals surface area contributed by atoms with E-state index in [2.05, 4.69) is 10.6 Å². The number of carbonyl (C=O) groups excluding carboxylic acids is 2. The minimum absolute atomic E-state index is 0.00497. The molecule has 0 aliphatic carbocycles. The summed E-state index contributed by atoms with van der Waals surface area (Å²) >= 11 is 0. The van der Waals surface area contributed by atoms with E-state index in [1.165, 1.54) is 6.07 Å². The molecule has 2 atom stereocenters. The average Bonchev–Trinajstić information content (AvgIpc) is 2.68. The molecule has 0 bridgehead atoms. The Morgan fingerprint density at radius 2 is 2.06 bits per heavy atom. The van der Waals surface area contributed by atoms with E-state index in [-0.39, 0.29) is 29.6 Å². The lowest BCUT2D eigenvalue weighted by Crippen LogP contribution is -2.45. The number of amides is 2. The Morgan fingerprint density at radius 1 is 1.22 bits per heavy atom. The van der Waals surface area contributed by atoms with E-state index in [1.807, 2.05) is 6.07 Å². The van der Waals surface area contributed by atoms with Gasteiger partial charge in [-0.15, -0.1) is 0 Å². The third kappa shape index (κ3) is 1.63. The summed E-state index contributed by atoms with van der Waals surface area (Å²) in [6, 6.07) is 4.71. The Bertz CT molecular complexity index is 527. The van der Waals surface area contributed by atoms with Crippen LogP contribution < -0.4 is 10.6 Å². The molecule has 5 nitrogen and oxygen atoms in total. The van der Waals surface area contributed by atoms with Crippen LogP contribution in [-0.2, 0) is 4.79 Å². The lowest BCUT2D eigenvalue weighted by molar-refractivity contribution is -0.123. The fraction of sp³-hybridized carbons (Fsp3) is 0.385. The van der Waals surface area contributed by atoms with Gasteiger partial charge in [-0.25, -0.2) is 0 Å². The van der Waals surface area contributed by atoms with Crippen LogP contribution in [0.4, 0.5) is 0 Å². The van der Waals surface area contributed by atoms with E-state index in [4.69, 9.17) is 0 Å². The van der Waals surface area contributed by atoms with E-state index in [0.717, 1.165) is 18.4 Å². The lowest BCUT2D eigenvalue weighted by atomic mass is 9.92. The number of nitrogens with one attached hydrogen (secondary N) is 2. The molecule has 5 heteroatoms. The quantitative estimate of drug-likeness (QED) is 0.687. The normalized spacial score (nSPS) is 26.4. The monoisotopic (exact) mass is 246 g/mol. The minimum atomic E-state index is -0.270. The smallest absolute Gasteiger partial charge is 0.255 e. The van der Waals surface area contributed by atoms with E-state index in [0.29, 0.717) is 12.0 Å². The summed E-state index contributed by atoms with van der Waals surface area (Å²) < 4.78 is 0. The number of hydrogen-bond donors (Lipinski definition) is 3. The first-order valence-corrected chi connectivity index (χ1v) is 6.09. The largest absolute Gasteiger partial charge is 0.507 e. The van der Waals surface area contributed by atoms with Crippen molar-refractivity contribution in [3.05, 3.63) is 29.3 Å². The Balaban J connectivity index is 1.95. The number of piperidine rings is 1. The number of aromatic hydroxyl groups is 1. The molecule has 2 aliphatic heterocycles. The van der Waals surface area contributed by atoms with Gasteiger partial charge in [0.05, 0.1) is 17.6 Å². The van der Waals surface area contributed by atoms with Crippen molar-refractivity contribution < 1.29 is 14.7 Å². The summed E-state index contributed by atoms with van der Waals surface area (Å²) in [7, 11) is 0. The molecule has 1 fully saturated rings. The Kier molecular flexibility index (Phi) is 2.47. The van der Waals surface area contributed by atoms with Gasteiger partial charge < -0.3 is 15.7 Å². The zero-order valence-electron chi connectivity index (χ0n) is 9.77. The van der Waals surface area contributed by atoms with Gasteiger partial charge in [0.25, 0.3) is 5.91 Å². The summed E-state index contributed by atoms with van der Waals surface area (Å²) in [6.45, 7) is 0. The van der Waals surface area contributed by atoms with Crippen LogP contribution in [0.15, 0.2) is 18.2 Å². The molecule has 0 saturated carbocycles. The third-order valence-electron chi connectivity index (χ3n) is 3.59. The second-order valence-electron chi connectivity index (χ2n) is 4.76. The van der Waals surface area contributed by atoms with Crippen molar-refractivity contribution in [2.24, 2.45) is 0 Å². The van der Waals surface area contributed by atoms with Gasteiger partial charge in [-0.3, -0.25) is 9.59 Å². The number of phenolic OH excluding ortho intramolecular Hbond substituents is 1. The fourth-order valence-corrected chi connectivity index (χ4v) is 2.76. The van der Waals surface area contributed by atoms with E-state index < -0.39 is 0 Å². The van der Waals surface area contributed by atoms with E-state index in [9.17, 15) is 14.7 Å². The maximum atomic E-state index is 11.8. The SMILES string of the molecule is O=C1CCCC(C2NC(=O)c3c(O)cccc32)N1. The molecule has 0 spiro atoms. The zero-order chi connectivity index (χ0) is 12.7. The molecule has 1 saturated heterocycles. The molecule has 1 aromatic carbocycles. The number of phenols is 1. The molecule has 2 amide bonds. The summed E-state index contributed by atoms with van der Waals surface area (Å²) in [4.78, 5) is 23.3. The molecule has 0 aromatic heterocycles. The van der Waals surface area contributed by atoms with Crippen molar-refractivity contribution in [1.82, 2.24) is 10.6 Å². The van der Waals surface area contributed by atoms with Crippen LogP contribution in [0, 0.1) is 0 Å². The first-order valence-electron chi connectivity index (χ1n) is 6.09. The maximum absolute atomic E-state index is 11.8. The standard InChI is InChI=1S/C13H14N2O3/c16-9-5-1-3-7-11(9)13(18)15-12(7)8-4-2-6-10(17)14-8/h1,3,5,8,12,16H,2,4,6H2,(H,14,17)(H,15,18). The van der Waals surface area contributed by atoms with Crippen LogP contribution in [0.2, 0.25) is 0 Å². The first-order chi connectivity index (χ1) is 8.66. The van der Waals surface area contributed by atoms with Gasteiger partial charge in [0.15, 0.2) is 0 Å². The van der Waals surface area contributed by atoms with Crippen LogP contribution in [0.3, 0.4) is 0 Å². The van der Waals surface area contributed by atoms with Gasteiger partial charge in [-0.2, -0.15) is 0 Å². The Hall–Kier alpha value is -2.04. The van der Waals surface area contributed by atoms with Crippen molar-refractivity contribution >= 4 is 11.8 Å². The second-order valence-corrected chi connectivity index (χ2v) is 4.76. The topological polar surface area (TPSA) is 78.4 Å². The summed E-state index contributed by atoms with van der Waals surface area (Å²) in [5, 5.41) is 15.5. The van der Waals surface area contributed by atoms with Crippen molar-refractivity contribution in [3.63, 3.8) is 0 Å². The van der Waals surface area contributed by atoms with Gasteiger partial charge in [-0.1, -0.05) is 12.1 Å². The molecule has 0 radical (unpaired) electrons. The Morgan fingerprint density at radius 3 is 2.83 bits per heavy atom. The summed E-state index contributed by atoms with van der Waals surface area (Å²) in [5.74, 6) is -0.253. The van der Waals surface area contributed by atoms with Crippen molar-refractivity contribution in [1.29, 1.82) is 0 Å². The number of fused-ring (bicyclic) bond motifs is 1. The van der Waals surface area contributed by atoms with Crippen LogP contribution >= 0.6 is 0 Å². The van der Waals surface area contributed by atoms with E-state index >= 15 is 0 Å². The molecular weight excluding hydrogens is 232 g/mol. The molecule has 1 aromatic rings. The maximum Gasteiger partial charge on any atom is 0.255 e. The first kappa shape index (κ1) is 11.1. The zero-order valence-corrected chi connectivity index (χ0v) is 9.77. The van der Waals surface area contributed by atoms with Gasteiger partial charge in [0, 0.05) is 6.42 Å². The highest BCUT2D eigenvalue weighted by Gasteiger charge is 2.37. The van der Waals surface area contributed by atoms with Gasteiger partial charge >= 0.3 is 0 Å². The molecular formula is C13H14N2O3. The molecule has 94 valence electrons. The highest BCUT2D eigenvalue weighted by atomic mass is 16.3. The van der Waals surface area contributed by atoms with Crippen LogP contribution in [0.1, 0.15) is 41.2 Å². The highest BCUT2D eigenvalue weighted by Crippen LogP contribution is 2.35. The highest BCUT2D eigenvalue weighted by molar-refractivity contribution is 6.01. The van der Waals surface area contributed by atoms with Crippen LogP contribution in [0.25, 0.3) is 0 Å². The summed E-state index contributed by atoms with van der Waals surface area (Å²) in [6.07, 6.45) is 2.22. The van der Waals surface area contributed by atoms with Crippen molar-refractivity contribution in [2.45, 2.75) is 31.3 Å². The van der Waals surface area contributed by atoms with Crippen LogP contribution in [0.5, 0.6) is 5.75 Å². The molecule has 18 heavy (non-hydrogen) atoms. The van der Waals surface area contributed by atoms with Crippen molar-refractivity contribution in [2.75, 3.05) is 0 Å². The van der Waals surface area contributed by atoms with Crippen LogP contribution in [-0.4, -0.2) is 23.0 Å². The molecule has 3 N–H and O–H groups in total. The fourth-order valence-electron chi connectivity index (χ4n) is 2.76. The predicted molar refractivity (Wildman–Crippen MR) is 64.1 cm³/mol. The number of carbonyl (C=O) groups is 2.